The molecule has 0 saturated heterocycles. The number of halogens is 4. The van der Waals surface area contributed by atoms with E-state index in [1.165, 1.54) is 9.80 Å². The first kappa shape index (κ1) is 63.6. The number of para-hydroxylation sites is 2. The molecule has 0 aliphatic carbocycles. The minimum atomic E-state index is -1.81. The molecule has 2 aliphatic heterocycles. The van der Waals surface area contributed by atoms with Gasteiger partial charge in [-0.1, -0.05) is 107 Å². The average molecular weight is 1190 g/mol. The first-order chi connectivity index (χ1) is 40.5. The molecule has 0 unspecified atom stereocenters. The van der Waals surface area contributed by atoms with Crippen LogP contribution in [0.5, 0.6) is 0 Å². The lowest BCUT2D eigenvalue weighted by molar-refractivity contribution is -0.144. The number of carbonyl (C=O) groups is 6. The van der Waals surface area contributed by atoms with Crippen LogP contribution in [0, 0.1) is 27.7 Å². The van der Waals surface area contributed by atoms with Crippen LogP contribution in [-0.4, -0.2) is 113 Å². The van der Waals surface area contributed by atoms with Crippen molar-refractivity contribution in [3.8, 4) is 0 Å². The molecule has 0 spiro atoms. The molecular weight excluding hydrogens is 1130 g/mol. The first-order valence-electron chi connectivity index (χ1n) is 27.1. The van der Waals surface area contributed by atoms with Gasteiger partial charge in [0.2, 0.25) is 11.8 Å². The molecule has 2 heterocycles. The van der Waals surface area contributed by atoms with Gasteiger partial charge in [0, 0.05) is 45.6 Å². The number of hydrogen-bond acceptors (Lipinski definition) is 10. The van der Waals surface area contributed by atoms with Crippen LogP contribution < -0.4 is 41.7 Å². The van der Waals surface area contributed by atoms with Crippen molar-refractivity contribution in [2.45, 2.75) is 64.2 Å². The summed E-state index contributed by atoms with van der Waals surface area (Å²) in [6.07, 6.45) is -2.77. The number of alkyl halides is 4. The number of fused-ring (bicyclic) bond motifs is 2. The Kier molecular flexibility index (Phi) is 23.1. The molecule has 0 saturated carbocycles. The monoisotopic (exact) mass is 1190 g/mol. The number of amides is 8. The van der Waals surface area contributed by atoms with Crippen LogP contribution in [0.1, 0.15) is 46.2 Å². The molecule has 84 heavy (non-hydrogen) atoms. The van der Waals surface area contributed by atoms with E-state index in [1.54, 1.807) is 97.1 Å². The number of hydrogen-bond donors (Lipinski definition) is 6. The van der Waals surface area contributed by atoms with Crippen molar-refractivity contribution in [2.24, 2.45) is 0 Å². The van der Waals surface area contributed by atoms with Gasteiger partial charge >= 0.3 is 12.1 Å². The normalized spacial score (nSPS) is 15.9. The summed E-state index contributed by atoms with van der Waals surface area (Å²) in [6, 6.07) is 41.2. The number of carbonyl (C=O) groups excluding carboxylic acids is 6. The van der Waals surface area contributed by atoms with Crippen molar-refractivity contribution in [1.82, 2.24) is 10.6 Å². The lowest BCUT2D eigenvalue weighted by atomic mass is 9.87. The molecule has 22 heteroatoms. The quantitative estimate of drug-likeness (QED) is 0.0223. The number of benzene rings is 6. The van der Waals surface area contributed by atoms with Gasteiger partial charge in [-0.25, -0.2) is 18.4 Å². The van der Waals surface area contributed by atoms with E-state index < -0.39 is 79.1 Å². The summed E-state index contributed by atoms with van der Waals surface area (Å²) >= 11 is 11.7. The smallest absolute Gasteiger partial charge is 0.320 e. The van der Waals surface area contributed by atoms with Gasteiger partial charge in [0.15, 0.2) is 23.7 Å². The average Bonchev–Trinajstić information content (AvgIpc) is 3.60. The molecule has 2 aliphatic rings. The van der Waals surface area contributed by atoms with Crippen LogP contribution in [0.4, 0.5) is 52.5 Å². The third-order valence-electron chi connectivity index (χ3n) is 13.5. The number of urea groups is 2. The zero-order valence-electron chi connectivity index (χ0n) is 47.0. The number of nitrogens with zero attached hydrogens (tertiary/aromatic N) is 2. The molecular formula is C62H68Cl2F2N8O10. The van der Waals surface area contributed by atoms with Gasteiger partial charge in [0.25, 0.3) is 11.8 Å². The summed E-state index contributed by atoms with van der Waals surface area (Å²) in [5.41, 5.74) is 4.45. The second kappa shape index (κ2) is 30.5. The van der Waals surface area contributed by atoms with E-state index in [2.05, 4.69) is 31.9 Å². The molecule has 2 atom stereocenters. The van der Waals surface area contributed by atoms with Gasteiger partial charge < -0.3 is 60.6 Å². The van der Waals surface area contributed by atoms with Crippen LogP contribution in [-0.2, 0) is 49.2 Å². The van der Waals surface area contributed by atoms with Gasteiger partial charge in [-0.05, 0) is 88.4 Å². The summed E-state index contributed by atoms with van der Waals surface area (Å²) in [5, 5.41) is 16.8. The van der Waals surface area contributed by atoms with E-state index in [0.29, 0.717) is 45.3 Å². The second-order valence-corrected chi connectivity index (χ2v) is 20.6. The highest BCUT2D eigenvalue weighted by atomic mass is 35.5. The van der Waals surface area contributed by atoms with E-state index in [1.807, 2.05) is 76.2 Å². The van der Waals surface area contributed by atoms with Gasteiger partial charge in [0.05, 0.1) is 63.7 Å². The predicted molar refractivity (Wildman–Crippen MR) is 321 cm³/mol. The summed E-state index contributed by atoms with van der Waals surface area (Å²) < 4.78 is 48.0. The van der Waals surface area contributed by atoms with Crippen molar-refractivity contribution in [3.63, 3.8) is 0 Å². The maximum atomic E-state index is 14.4. The highest BCUT2D eigenvalue weighted by Crippen LogP contribution is 2.45. The SMILES string of the molecule is Cc1ccc(NC(=O)C[C@]2(NC(=O)Nc3ccc(C)cc3)C(=O)N(CC(OCCCl)OCCCl)c3ccccc32)cc1.Cc1ccc(NC(=O)C[C@]2(NC(=O)Nc3ccc(C)cc3)C(=O)N(CC(OCCF)OCCF)c3ccccc32)cc1. The third-order valence-corrected chi connectivity index (χ3v) is 13.8. The molecule has 18 nitrogen and oxygen atoms in total. The highest BCUT2D eigenvalue weighted by Gasteiger charge is 2.55. The van der Waals surface area contributed by atoms with E-state index >= 15 is 0 Å². The standard InChI is InChI=1S/C31H34Cl2N4O5.C31H34F2N4O5/c2*1-21-7-11-23(12-8-21)34-27(38)19-31(36-30(40)35-24-13-9-22(2)10-14-24)25-5-3-4-6-26(25)37(29(31)39)20-28(41-17-15-32)42-18-16-33/h2*3-14,28H,15-20H2,1-2H3,(H,34,38)(H2,35,36,40)/t2*31-/m11/s1. The minimum absolute atomic E-state index is 0.00772. The topological polar surface area (TPSA) is 218 Å². The molecule has 6 N–H and O–H groups in total. The molecule has 0 radical (unpaired) electrons. The van der Waals surface area contributed by atoms with Crippen LogP contribution in [0.15, 0.2) is 146 Å². The predicted octanol–water partition coefficient (Wildman–Crippen LogP) is 10.5. The first-order valence-corrected chi connectivity index (χ1v) is 28.2. The van der Waals surface area contributed by atoms with Crippen molar-refractivity contribution in [2.75, 3.05) is 95.7 Å². The maximum Gasteiger partial charge on any atom is 0.320 e. The summed E-state index contributed by atoms with van der Waals surface area (Å²) in [7, 11) is 0. The summed E-state index contributed by atoms with van der Waals surface area (Å²) in [6.45, 7) is 5.63. The van der Waals surface area contributed by atoms with Gasteiger partial charge in [0.1, 0.15) is 13.3 Å². The lowest BCUT2D eigenvalue weighted by Gasteiger charge is -2.30. The Labute approximate surface area is 496 Å². The van der Waals surface area contributed by atoms with Crippen LogP contribution in [0.3, 0.4) is 0 Å². The summed E-state index contributed by atoms with van der Waals surface area (Å²) in [5.74, 6) is -1.63. The van der Waals surface area contributed by atoms with Crippen molar-refractivity contribution in [1.29, 1.82) is 0 Å². The van der Waals surface area contributed by atoms with Gasteiger partial charge in [-0.2, -0.15) is 0 Å². The van der Waals surface area contributed by atoms with Crippen molar-refractivity contribution >= 4 is 93.0 Å². The highest BCUT2D eigenvalue weighted by molar-refractivity contribution is 6.18. The van der Waals surface area contributed by atoms with E-state index in [4.69, 9.17) is 42.1 Å². The van der Waals surface area contributed by atoms with Gasteiger partial charge in [-0.15, -0.1) is 23.2 Å². The zero-order valence-corrected chi connectivity index (χ0v) is 48.5. The van der Waals surface area contributed by atoms with E-state index in [-0.39, 0.29) is 57.7 Å². The fourth-order valence-corrected chi connectivity index (χ4v) is 9.72. The van der Waals surface area contributed by atoms with Crippen molar-refractivity contribution < 1.29 is 56.5 Å². The Morgan fingerprint density at radius 3 is 1.06 bits per heavy atom. The molecule has 6 aromatic carbocycles. The molecule has 6 aromatic rings. The zero-order chi connectivity index (χ0) is 60.2. The Morgan fingerprint density at radius 1 is 0.452 bits per heavy atom. The second-order valence-electron chi connectivity index (χ2n) is 19.8. The number of nitrogens with one attached hydrogen (secondary N) is 6. The molecule has 444 valence electrons. The summed E-state index contributed by atoms with van der Waals surface area (Å²) in [4.78, 5) is 85.1. The molecule has 0 fully saturated rings. The van der Waals surface area contributed by atoms with Crippen molar-refractivity contribution in [3.05, 3.63) is 179 Å². The Hall–Kier alpha value is -7.98. The third kappa shape index (κ3) is 16.6. The van der Waals surface area contributed by atoms with E-state index in [0.717, 1.165) is 22.3 Å². The van der Waals surface area contributed by atoms with E-state index in [9.17, 15) is 37.5 Å². The Morgan fingerprint density at radius 2 is 0.750 bits per heavy atom. The fourth-order valence-electron chi connectivity index (χ4n) is 9.55. The van der Waals surface area contributed by atoms with Crippen LogP contribution in [0.2, 0.25) is 0 Å². The lowest BCUT2D eigenvalue weighted by Crippen LogP contribution is -2.56. The fraction of sp³-hybridized carbons (Fsp3) is 0.323. The molecule has 8 amide bonds. The number of ether oxygens (including phenoxy) is 4. The molecule has 8 rings (SSSR count). The minimum Gasteiger partial charge on any atom is -0.350 e. The maximum absolute atomic E-state index is 14.4. The number of anilines is 6. The molecule has 0 aromatic heterocycles. The number of aryl methyl sites for hydroxylation is 4. The largest absolute Gasteiger partial charge is 0.350 e. The van der Waals surface area contributed by atoms with Crippen LogP contribution >= 0.6 is 23.2 Å². The molecule has 0 bridgehead atoms. The van der Waals surface area contributed by atoms with Crippen LogP contribution in [0.25, 0.3) is 0 Å². The number of rotatable bonds is 26. The Balaban J connectivity index is 0.000000241. The van der Waals surface area contributed by atoms with Gasteiger partial charge in [-0.3, -0.25) is 19.2 Å². The Bertz CT molecular complexity index is 2850.